The van der Waals surface area contributed by atoms with Crippen LogP contribution in [0.15, 0.2) is 24.3 Å². The summed E-state index contributed by atoms with van der Waals surface area (Å²) in [5.74, 6) is -0.518. The van der Waals surface area contributed by atoms with Gasteiger partial charge in [0.1, 0.15) is 10.7 Å². The molecule has 0 saturated heterocycles. The minimum atomic E-state index is -0.518. The van der Waals surface area contributed by atoms with Crippen LogP contribution >= 0.6 is 23.2 Å². The highest BCUT2D eigenvalue weighted by Crippen LogP contribution is 2.29. The number of aromatic nitrogens is 2. The molecule has 6 heteroatoms. The standard InChI is InChI=1S/C12H10Cl2N2O2/c1-2-18-12(17)11-9(14)10(15-16-11)7-3-5-8(13)6-4-7/h3-6H,2H2,1H3,(H,15,16). The van der Waals surface area contributed by atoms with E-state index in [4.69, 9.17) is 27.9 Å². The van der Waals surface area contributed by atoms with E-state index in [1.54, 1.807) is 31.2 Å². The lowest BCUT2D eigenvalue weighted by Crippen LogP contribution is -2.05. The number of hydrogen-bond donors (Lipinski definition) is 1. The first-order valence-electron chi connectivity index (χ1n) is 5.30. The second-order valence-corrected chi connectivity index (χ2v) is 4.30. The molecule has 4 nitrogen and oxygen atoms in total. The molecule has 0 fully saturated rings. The number of carbonyl (C=O) groups excluding carboxylic acids is 1. The van der Waals surface area contributed by atoms with E-state index in [2.05, 4.69) is 10.2 Å². The highest BCUT2D eigenvalue weighted by atomic mass is 35.5. The van der Waals surface area contributed by atoms with Gasteiger partial charge in [-0.25, -0.2) is 4.79 Å². The Morgan fingerprint density at radius 1 is 1.33 bits per heavy atom. The number of carbonyl (C=O) groups is 1. The third kappa shape index (κ3) is 2.49. The third-order valence-electron chi connectivity index (χ3n) is 2.30. The van der Waals surface area contributed by atoms with E-state index in [0.29, 0.717) is 10.7 Å². The predicted molar refractivity (Wildman–Crippen MR) is 70.0 cm³/mol. The Bertz CT molecular complexity index is 564. The van der Waals surface area contributed by atoms with Crippen LogP contribution in [0.2, 0.25) is 10.0 Å². The number of nitrogens with one attached hydrogen (secondary N) is 1. The van der Waals surface area contributed by atoms with Crippen LogP contribution in [-0.2, 0) is 4.74 Å². The fourth-order valence-corrected chi connectivity index (χ4v) is 1.86. The second kappa shape index (κ2) is 5.42. The van der Waals surface area contributed by atoms with Crippen molar-refractivity contribution in [3.63, 3.8) is 0 Å². The lowest BCUT2D eigenvalue weighted by Gasteiger charge is -1.99. The number of aromatic amines is 1. The monoisotopic (exact) mass is 284 g/mol. The van der Waals surface area contributed by atoms with Gasteiger partial charge in [0.2, 0.25) is 0 Å². The van der Waals surface area contributed by atoms with Gasteiger partial charge in [0.05, 0.1) is 6.61 Å². The number of rotatable bonds is 3. The zero-order valence-corrected chi connectivity index (χ0v) is 11.0. The molecule has 1 N–H and O–H groups in total. The smallest absolute Gasteiger partial charge is 0.357 e. The molecular formula is C12H10Cl2N2O2. The maximum absolute atomic E-state index is 11.6. The summed E-state index contributed by atoms with van der Waals surface area (Å²) in [6.45, 7) is 2.01. The topological polar surface area (TPSA) is 55.0 Å². The summed E-state index contributed by atoms with van der Waals surface area (Å²) in [5, 5.41) is 7.47. The van der Waals surface area contributed by atoms with E-state index < -0.39 is 5.97 Å². The van der Waals surface area contributed by atoms with Crippen LogP contribution in [0.3, 0.4) is 0 Å². The van der Waals surface area contributed by atoms with Crippen molar-refractivity contribution in [1.29, 1.82) is 0 Å². The van der Waals surface area contributed by atoms with E-state index in [9.17, 15) is 4.79 Å². The molecule has 0 atom stereocenters. The van der Waals surface area contributed by atoms with Crippen LogP contribution in [-0.4, -0.2) is 22.8 Å². The maximum atomic E-state index is 11.6. The van der Waals surface area contributed by atoms with Crippen LogP contribution in [0.1, 0.15) is 17.4 Å². The second-order valence-electron chi connectivity index (χ2n) is 3.49. The lowest BCUT2D eigenvalue weighted by atomic mass is 10.1. The first kappa shape index (κ1) is 12.9. The van der Waals surface area contributed by atoms with Gasteiger partial charge in [0.15, 0.2) is 5.69 Å². The van der Waals surface area contributed by atoms with Crippen molar-refractivity contribution in [3.05, 3.63) is 40.0 Å². The van der Waals surface area contributed by atoms with Gasteiger partial charge in [0, 0.05) is 10.6 Å². The fraction of sp³-hybridized carbons (Fsp3) is 0.167. The first-order valence-corrected chi connectivity index (χ1v) is 6.06. The van der Waals surface area contributed by atoms with E-state index in [0.717, 1.165) is 5.56 Å². The Labute approximate surface area is 114 Å². The molecular weight excluding hydrogens is 275 g/mol. The molecule has 2 aromatic rings. The van der Waals surface area contributed by atoms with Crippen molar-refractivity contribution in [2.75, 3.05) is 6.61 Å². The van der Waals surface area contributed by atoms with Gasteiger partial charge < -0.3 is 4.74 Å². The molecule has 0 spiro atoms. The molecule has 0 radical (unpaired) electrons. The molecule has 1 aromatic carbocycles. The van der Waals surface area contributed by atoms with E-state index in [-0.39, 0.29) is 17.3 Å². The Morgan fingerprint density at radius 2 is 2.00 bits per heavy atom. The number of H-pyrrole nitrogens is 1. The highest BCUT2D eigenvalue weighted by Gasteiger charge is 2.19. The molecule has 1 aromatic heterocycles. The van der Waals surface area contributed by atoms with Crippen molar-refractivity contribution in [2.24, 2.45) is 0 Å². The summed E-state index contributed by atoms with van der Waals surface area (Å²) in [6, 6.07) is 7.01. The number of hydrogen-bond acceptors (Lipinski definition) is 3. The maximum Gasteiger partial charge on any atom is 0.357 e. The number of halogens is 2. The number of esters is 1. The van der Waals surface area contributed by atoms with Gasteiger partial charge in [0.25, 0.3) is 0 Å². The van der Waals surface area contributed by atoms with Crippen molar-refractivity contribution in [3.8, 4) is 11.3 Å². The average Bonchev–Trinajstić information content (AvgIpc) is 2.73. The summed E-state index contributed by atoms with van der Waals surface area (Å²) in [4.78, 5) is 11.6. The van der Waals surface area contributed by atoms with Crippen LogP contribution < -0.4 is 0 Å². The predicted octanol–water partition coefficient (Wildman–Crippen LogP) is 3.56. The summed E-state index contributed by atoms with van der Waals surface area (Å²) >= 11 is 11.9. The van der Waals surface area contributed by atoms with Crippen LogP contribution in [0.4, 0.5) is 0 Å². The van der Waals surface area contributed by atoms with Crippen molar-refractivity contribution in [1.82, 2.24) is 10.2 Å². The van der Waals surface area contributed by atoms with Gasteiger partial charge in [-0.2, -0.15) is 5.10 Å². The largest absolute Gasteiger partial charge is 0.461 e. The lowest BCUT2D eigenvalue weighted by molar-refractivity contribution is 0.0519. The highest BCUT2D eigenvalue weighted by molar-refractivity contribution is 6.35. The van der Waals surface area contributed by atoms with Gasteiger partial charge in [-0.15, -0.1) is 0 Å². The molecule has 2 rings (SSSR count). The Kier molecular flexibility index (Phi) is 3.89. The molecule has 94 valence electrons. The quantitative estimate of drug-likeness (QED) is 0.877. The molecule has 0 bridgehead atoms. The number of nitrogens with zero attached hydrogens (tertiary/aromatic N) is 1. The number of benzene rings is 1. The number of ether oxygens (including phenoxy) is 1. The molecule has 0 aliphatic carbocycles. The molecule has 1 heterocycles. The summed E-state index contributed by atoms with van der Waals surface area (Å²) < 4.78 is 4.86. The van der Waals surface area contributed by atoms with Crippen molar-refractivity contribution < 1.29 is 9.53 Å². The summed E-state index contributed by atoms with van der Waals surface area (Å²) in [7, 11) is 0. The molecule has 0 saturated carbocycles. The first-order chi connectivity index (χ1) is 8.63. The zero-order chi connectivity index (χ0) is 13.1. The van der Waals surface area contributed by atoms with Crippen molar-refractivity contribution >= 4 is 29.2 Å². The minimum absolute atomic E-state index is 0.156. The van der Waals surface area contributed by atoms with Gasteiger partial charge in [-0.05, 0) is 19.1 Å². The third-order valence-corrected chi connectivity index (χ3v) is 2.92. The van der Waals surface area contributed by atoms with Crippen LogP contribution in [0.5, 0.6) is 0 Å². The van der Waals surface area contributed by atoms with Crippen LogP contribution in [0, 0.1) is 0 Å². The SMILES string of the molecule is CCOC(=O)c1[nH]nc(-c2ccc(Cl)cc2)c1Cl. The van der Waals surface area contributed by atoms with Gasteiger partial charge in [-0.3, -0.25) is 5.10 Å². The normalized spacial score (nSPS) is 10.4. The fourth-order valence-electron chi connectivity index (χ4n) is 1.47. The Morgan fingerprint density at radius 3 is 2.61 bits per heavy atom. The van der Waals surface area contributed by atoms with Crippen molar-refractivity contribution in [2.45, 2.75) is 6.92 Å². The van der Waals surface area contributed by atoms with E-state index in [1.165, 1.54) is 0 Å². The Balaban J connectivity index is 2.36. The average molecular weight is 285 g/mol. The van der Waals surface area contributed by atoms with E-state index in [1.807, 2.05) is 0 Å². The van der Waals surface area contributed by atoms with Gasteiger partial charge in [-0.1, -0.05) is 35.3 Å². The zero-order valence-electron chi connectivity index (χ0n) is 9.54. The van der Waals surface area contributed by atoms with Gasteiger partial charge >= 0.3 is 5.97 Å². The molecule has 0 aliphatic heterocycles. The summed E-state index contributed by atoms with van der Waals surface area (Å²) in [5.41, 5.74) is 1.43. The molecule has 0 unspecified atom stereocenters. The molecule has 0 amide bonds. The Hall–Kier alpha value is -1.52. The summed E-state index contributed by atoms with van der Waals surface area (Å²) in [6.07, 6.45) is 0. The minimum Gasteiger partial charge on any atom is -0.461 e. The van der Waals surface area contributed by atoms with Crippen LogP contribution in [0.25, 0.3) is 11.3 Å². The molecule has 0 aliphatic rings. The molecule has 18 heavy (non-hydrogen) atoms. The van der Waals surface area contributed by atoms with E-state index >= 15 is 0 Å².